The summed E-state index contributed by atoms with van der Waals surface area (Å²) in [4.78, 5) is 0. The molecule has 0 spiro atoms. The number of hydrogen-bond acceptors (Lipinski definition) is 0. The van der Waals surface area contributed by atoms with Crippen molar-refractivity contribution in [3.8, 4) is 0 Å². The van der Waals surface area contributed by atoms with E-state index in [9.17, 15) is 0 Å². The van der Waals surface area contributed by atoms with Crippen LogP contribution in [0.4, 0.5) is 0 Å². The van der Waals surface area contributed by atoms with E-state index in [1.165, 1.54) is 44.9 Å². The van der Waals surface area contributed by atoms with Crippen molar-refractivity contribution >= 4 is 0 Å². The van der Waals surface area contributed by atoms with Gasteiger partial charge in [0.05, 0.1) is 0 Å². The van der Waals surface area contributed by atoms with Crippen LogP contribution in [-0.2, 0) is 0 Å². The summed E-state index contributed by atoms with van der Waals surface area (Å²) in [6, 6.07) is 0. The number of rotatable bonds is 9. The van der Waals surface area contributed by atoms with Crippen LogP contribution in [-0.4, -0.2) is 0 Å². The lowest BCUT2D eigenvalue weighted by atomic mass is 9.67. The van der Waals surface area contributed by atoms with Crippen molar-refractivity contribution in [3.05, 3.63) is 0 Å². The Morgan fingerprint density at radius 1 is 0.812 bits per heavy atom. The normalized spacial score (nSPS) is 14.4. The summed E-state index contributed by atoms with van der Waals surface area (Å²) in [7, 11) is 0. The predicted octanol–water partition coefficient (Wildman–Crippen LogP) is 6.06. The van der Waals surface area contributed by atoms with Gasteiger partial charge in [-0.3, -0.25) is 0 Å². The van der Waals surface area contributed by atoms with Gasteiger partial charge in [0.25, 0.3) is 0 Å². The Kier molecular flexibility index (Phi) is 8.14. The van der Waals surface area contributed by atoms with Gasteiger partial charge in [-0.1, -0.05) is 73.6 Å². The Balaban J connectivity index is 4.28. The predicted molar refractivity (Wildman–Crippen MR) is 75.8 cm³/mol. The van der Waals surface area contributed by atoms with Gasteiger partial charge in [0.1, 0.15) is 0 Å². The molecule has 1 atom stereocenters. The zero-order chi connectivity index (χ0) is 12.6. The van der Waals surface area contributed by atoms with E-state index in [1.807, 2.05) is 0 Å². The molecule has 98 valence electrons. The second-order valence-corrected chi connectivity index (χ2v) is 6.31. The molecule has 0 aromatic carbocycles. The van der Waals surface area contributed by atoms with Crippen molar-refractivity contribution in [2.75, 3.05) is 0 Å². The van der Waals surface area contributed by atoms with Crippen molar-refractivity contribution < 1.29 is 0 Å². The lowest BCUT2D eigenvalue weighted by Crippen LogP contribution is -2.29. The molecule has 0 bridgehead atoms. The molecule has 0 fully saturated rings. The Morgan fingerprint density at radius 3 is 1.75 bits per heavy atom. The molecule has 0 aromatic rings. The second kappa shape index (κ2) is 8.14. The smallest absolute Gasteiger partial charge is 0.0303 e. The molecule has 0 aliphatic heterocycles. The average Bonchev–Trinajstić information content (AvgIpc) is 2.22. The molecule has 0 amide bonds. The largest absolute Gasteiger partial charge is 0.0654 e. The first kappa shape index (κ1) is 16.0. The molecule has 0 N–H and O–H groups in total. The summed E-state index contributed by atoms with van der Waals surface area (Å²) < 4.78 is 0. The van der Waals surface area contributed by atoms with Crippen LogP contribution in [0.3, 0.4) is 0 Å². The van der Waals surface area contributed by atoms with Crippen LogP contribution in [0.5, 0.6) is 0 Å². The van der Waals surface area contributed by atoms with Crippen molar-refractivity contribution in [3.63, 3.8) is 0 Å². The molecule has 0 heteroatoms. The number of unbranched alkanes of at least 4 members (excludes halogenated alkanes) is 3. The summed E-state index contributed by atoms with van der Waals surface area (Å²) in [5.41, 5.74) is 0.517. The van der Waals surface area contributed by atoms with Gasteiger partial charge in [0, 0.05) is 0 Å². The third-order valence-electron chi connectivity index (χ3n) is 4.60. The van der Waals surface area contributed by atoms with E-state index < -0.39 is 0 Å². The van der Waals surface area contributed by atoms with Crippen LogP contribution < -0.4 is 0 Å². The quantitative estimate of drug-likeness (QED) is 0.419. The van der Waals surface area contributed by atoms with E-state index in [2.05, 4.69) is 41.5 Å². The fraction of sp³-hybridized carbons (Fsp3) is 1.00. The zero-order valence-corrected chi connectivity index (χ0v) is 12.6. The van der Waals surface area contributed by atoms with Gasteiger partial charge in [-0.15, -0.1) is 0 Å². The molecule has 0 rings (SSSR count). The summed E-state index contributed by atoms with van der Waals surface area (Å²) in [5.74, 6) is 1.73. The van der Waals surface area contributed by atoms with Gasteiger partial charge < -0.3 is 0 Å². The van der Waals surface area contributed by atoms with Gasteiger partial charge in [-0.25, -0.2) is 0 Å². The van der Waals surface area contributed by atoms with Gasteiger partial charge in [-0.05, 0) is 30.1 Å². The third kappa shape index (κ3) is 5.37. The Labute approximate surface area is 104 Å². The molecule has 0 saturated heterocycles. The van der Waals surface area contributed by atoms with Gasteiger partial charge in [0.15, 0.2) is 0 Å². The lowest BCUT2D eigenvalue weighted by molar-refractivity contribution is 0.116. The topological polar surface area (TPSA) is 0 Å². The maximum absolute atomic E-state index is 2.48. The Bertz CT molecular complexity index is 155. The minimum absolute atomic E-state index is 0.517. The standard InChI is InChI=1S/C16H34/c1-7-9-11-13-15(12-10-8-2)16(5,6)14(3)4/h14-15H,7-13H2,1-6H3. The fourth-order valence-electron chi connectivity index (χ4n) is 2.45. The molecule has 0 saturated carbocycles. The Morgan fingerprint density at radius 2 is 1.31 bits per heavy atom. The maximum atomic E-state index is 2.48. The van der Waals surface area contributed by atoms with Crippen LogP contribution in [0, 0.1) is 17.3 Å². The van der Waals surface area contributed by atoms with Crippen LogP contribution in [0.15, 0.2) is 0 Å². The highest BCUT2D eigenvalue weighted by molar-refractivity contribution is 4.81. The highest BCUT2D eigenvalue weighted by Crippen LogP contribution is 2.40. The average molecular weight is 226 g/mol. The first-order chi connectivity index (χ1) is 7.46. The van der Waals surface area contributed by atoms with E-state index in [4.69, 9.17) is 0 Å². The first-order valence-corrected chi connectivity index (χ1v) is 7.46. The molecule has 0 aromatic heterocycles. The van der Waals surface area contributed by atoms with Crippen LogP contribution in [0.1, 0.15) is 86.5 Å². The minimum Gasteiger partial charge on any atom is -0.0654 e. The molecule has 0 aliphatic carbocycles. The highest BCUT2D eigenvalue weighted by atomic mass is 14.4. The fourth-order valence-corrected chi connectivity index (χ4v) is 2.45. The third-order valence-corrected chi connectivity index (χ3v) is 4.60. The van der Waals surface area contributed by atoms with E-state index in [-0.39, 0.29) is 0 Å². The summed E-state index contributed by atoms with van der Waals surface area (Å²) >= 11 is 0. The molecular weight excluding hydrogens is 192 g/mol. The van der Waals surface area contributed by atoms with Crippen LogP contribution in [0.2, 0.25) is 0 Å². The molecule has 0 heterocycles. The van der Waals surface area contributed by atoms with Crippen molar-refractivity contribution in [2.45, 2.75) is 86.5 Å². The van der Waals surface area contributed by atoms with E-state index >= 15 is 0 Å². The van der Waals surface area contributed by atoms with E-state index in [0.29, 0.717) is 5.41 Å². The minimum atomic E-state index is 0.517. The van der Waals surface area contributed by atoms with E-state index in [1.54, 1.807) is 0 Å². The molecule has 16 heavy (non-hydrogen) atoms. The molecule has 0 radical (unpaired) electrons. The maximum Gasteiger partial charge on any atom is -0.0303 e. The highest BCUT2D eigenvalue weighted by Gasteiger charge is 2.31. The van der Waals surface area contributed by atoms with E-state index in [0.717, 1.165) is 11.8 Å². The molecule has 0 aliphatic rings. The Hall–Kier alpha value is 0. The molecule has 1 unspecified atom stereocenters. The summed E-state index contributed by atoms with van der Waals surface area (Å²) in [5, 5.41) is 0. The zero-order valence-electron chi connectivity index (χ0n) is 12.6. The molecule has 0 nitrogen and oxygen atoms in total. The SMILES string of the molecule is CCCCCC(CCCC)C(C)(C)C(C)C. The summed E-state index contributed by atoms with van der Waals surface area (Å²) in [6.45, 7) is 14.3. The number of hydrogen-bond donors (Lipinski definition) is 0. The second-order valence-electron chi connectivity index (χ2n) is 6.31. The van der Waals surface area contributed by atoms with Gasteiger partial charge in [-0.2, -0.15) is 0 Å². The lowest BCUT2D eigenvalue weighted by Gasteiger charge is -2.38. The van der Waals surface area contributed by atoms with Crippen LogP contribution in [0.25, 0.3) is 0 Å². The van der Waals surface area contributed by atoms with Crippen LogP contribution >= 0.6 is 0 Å². The monoisotopic (exact) mass is 226 g/mol. The van der Waals surface area contributed by atoms with Crippen molar-refractivity contribution in [1.29, 1.82) is 0 Å². The van der Waals surface area contributed by atoms with Gasteiger partial charge >= 0.3 is 0 Å². The van der Waals surface area contributed by atoms with Gasteiger partial charge in [0.2, 0.25) is 0 Å². The molecular formula is C16H34. The summed E-state index contributed by atoms with van der Waals surface area (Å²) in [6.07, 6.45) is 9.83. The van der Waals surface area contributed by atoms with Crippen molar-refractivity contribution in [2.24, 2.45) is 17.3 Å². The van der Waals surface area contributed by atoms with Crippen molar-refractivity contribution in [1.82, 2.24) is 0 Å². The first-order valence-electron chi connectivity index (χ1n) is 7.46.